The molecule has 1 aliphatic heterocycles. The van der Waals surface area contributed by atoms with Crippen molar-refractivity contribution in [3.63, 3.8) is 0 Å². The van der Waals surface area contributed by atoms with Crippen LogP contribution in [-0.2, 0) is 11.3 Å². The van der Waals surface area contributed by atoms with Crippen LogP contribution in [0.4, 0.5) is 10.5 Å². The highest BCUT2D eigenvalue weighted by molar-refractivity contribution is 5.90. The number of urea groups is 1. The molecule has 2 aromatic carbocycles. The van der Waals surface area contributed by atoms with Gasteiger partial charge < -0.3 is 15.5 Å². The van der Waals surface area contributed by atoms with Crippen molar-refractivity contribution in [3.05, 3.63) is 65.7 Å². The molecule has 26 heavy (non-hydrogen) atoms. The van der Waals surface area contributed by atoms with Gasteiger partial charge in [-0.1, -0.05) is 42.5 Å². The summed E-state index contributed by atoms with van der Waals surface area (Å²) >= 11 is 0. The number of hydrogen-bond donors (Lipinski definition) is 2. The summed E-state index contributed by atoms with van der Waals surface area (Å²) in [6.45, 7) is 3.65. The average Bonchev–Trinajstić information content (AvgIpc) is 2.67. The predicted octanol–water partition coefficient (Wildman–Crippen LogP) is 3.56. The molecule has 5 heteroatoms. The minimum atomic E-state index is -0.157. The quantitative estimate of drug-likeness (QED) is 0.885. The van der Waals surface area contributed by atoms with Gasteiger partial charge in [-0.25, -0.2) is 4.79 Å². The normalized spacial score (nSPS) is 16.8. The Hall–Kier alpha value is -2.82. The van der Waals surface area contributed by atoms with Crippen LogP contribution in [0.1, 0.15) is 24.0 Å². The van der Waals surface area contributed by atoms with Crippen LogP contribution in [0, 0.1) is 12.8 Å². The van der Waals surface area contributed by atoms with E-state index in [1.54, 1.807) is 4.90 Å². The number of carbonyl (C=O) groups excluding carboxylic acids is 2. The Morgan fingerprint density at radius 3 is 2.69 bits per heavy atom. The molecule has 3 amide bonds. The largest absolute Gasteiger partial charge is 0.352 e. The van der Waals surface area contributed by atoms with Crippen molar-refractivity contribution in [2.45, 2.75) is 26.3 Å². The maximum absolute atomic E-state index is 12.5. The van der Waals surface area contributed by atoms with Gasteiger partial charge in [-0.15, -0.1) is 0 Å². The Morgan fingerprint density at radius 2 is 1.92 bits per heavy atom. The van der Waals surface area contributed by atoms with Gasteiger partial charge >= 0.3 is 6.03 Å². The fourth-order valence-electron chi connectivity index (χ4n) is 3.23. The van der Waals surface area contributed by atoms with Gasteiger partial charge in [0.2, 0.25) is 5.91 Å². The van der Waals surface area contributed by atoms with Crippen LogP contribution < -0.4 is 10.6 Å². The zero-order chi connectivity index (χ0) is 18.4. The van der Waals surface area contributed by atoms with Gasteiger partial charge in [0.05, 0.1) is 5.92 Å². The van der Waals surface area contributed by atoms with Gasteiger partial charge in [0.25, 0.3) is 0 Å². The number of likely N-dealkylation sites (tertiary alicyclic amines) is 1. The third-order valence-electron chi connectivity index (χ3n) is 4.66. The van der Waals surface area contributed by atoms with Gasteiger partial charge in [0.15, 0.2) is 0 Å². The first-order valence-electron chi connectivity index (χ1n) is 9.06. The molecular weight excluding hydrogens is 326 g/mol. The molecule has 1 atom stereocenters. The van der Waals surface area contributed by atoms with Crippen LogP contribution in [-0.4, -0.2) is 29.9 Å². The fourth-order valence-corrected chi connectivity index (χ4v) is 3.23. The molecule has 0 spiro atoms. The van der Waals surface area contributed by atoms with E-state index in [1.165, 1.54) is 0 Å². The van der Waals surface area contributed by atoms with Gasteiger partial charge in [0, 0.05) is 25.3 Å². The van der Waals surface area contributed by atoms with Crippen molar-refractivity contribution in [2.24, 2.45) is 5.92 Å². The van der Waals surface area contributed by atoms with E-state index in [0.29, 0.717) is 19.6 Å². The Bertz CT molecular complexity index is 761. The molecule has 1 heterocycles. The molecule has 5 nitrogen and oxygen atoms in total. The van der Waals surface area contributed by atoms with E-state index < -0.39 is 0 Å². The number of piperidine rings is 1. The molecule has 0 unspecified atom stereocenters. The summed E-state index contributed by atoms with van der Waals surface area (Å²) in [4.78, 5) is 26.7. The van der Waals surface area contributed by atoms with Crippen LogP contribution in [0.25, 0.3) is 0 Å². The summed E-state index contributed by atoms with van der Waals surface area (Å²) in [5.74, 6) is -0.141. The average molecular weight is 351 g/mol. The summed E-state index contributed by atoms with van der Waals surface area (Å²) in [6.07, 6.45) is 1.65. The number of amides is 3. The molecule has 2 aromatic rings. The lowest BCUT2D eigenvalue weighted by Gasteiger charge is -2.32. The van der Waals surface area contributed by atoms with E-state index in [4.69, 9.17) is 0 Å². The summed E-state index contributed by atoms with van der Waals surface area (Å²) in [7, 11) is 0. The highest BCUT2D eigenvalue weighted by atomic mass is 16.2. The number of anilines is 1. The molecule has 136 valence electrons. The summed E-state index contributed by atoms with van der Waals surface area (Å²) in [5, 5.41) is 5.91. The van der Waals surface area contributed by atoms with Gasteiger partial charge in [-0.05, 0) is 43.0 Å². The molecule has 0 radical (unpaired) electrons. The zero-order valence-electron chi connectivity index (χ0n) is 15.1. The predicted molar refractivity (Wildman–Crippen MR) is 103 cm³/mol. The molecule has 2 N–H and O–H groups in total. The second-order valence-corrected chi connectivity index (χ2v) is 6.79. The maximum Gasteiger partial charge on any atom is 0.321 e. The summed E-state index contributed by atoms with van der Waals surface area (Å²) in [5.41, 5.74) is 2.95. The number of nitrogens with one attached hydrogen (secondary N) is 2. The summed E-state index contributed by atoms with van der Waals surface area (Å²) in [6, 6.07) is 17.4. The zero-order valence-corrected chi connectivity index (χ0v) is 15.1. The van der Waals surface area contributed by atoms with Gasteiger partial charge in [0.1, 0.15) is 0 Å². The van der Waals surface area contributed by atoms with Crippen molar-refractivity contribution in [2.75, 3.05) is 18.4 Å². The van der Waals surface area contributed by atoms with Crippen molar-refractivity contribution < 1.29 is 9.59 Å². The molecule has 1 fully saturated rings. The van der Waals surface area contributed by atoms with Crippen LogP contribution in [0.2, 0.25) is 0 Å². The second-order valence-electron chi connectivity index (χ2n) is 6.79. The van der Waals surface area contributed by atoms with Gasteiger partial charge in [-0.2, -0.15) is 0 Å². The minimum Gasteiger partial charge on any atom is -0.352 e. The Labute approximate surface area is 154 Å². The molecule has 0 saturated carbocycles. The molecular formula is C21H25N3O2. The van der Waals surface area contributed by atoms with Crippen LogP contribution in [0.3, 0.4) is 0 Å². The van der Waals surface area contributed by atoms with Gasteiger partial charge in [-0.3, -0.25) is 4.79 Å². The third kappa shape index (κ3) is 4.85. The van der Waals surface area contributed by atoms with Crippen molar-refractivity contribution in [1.29, 1.82) is 0 Å². The third-order valence-corrected chi connectivity index (χ3v) is 4.66. The molecule has 0 aliphatic carbocycles. The number of nitrogens with zero attached hydrogens (tertiary/aromatic N) is 1. The summed E-state index contributed by atoms with van der Waals surface area (Å²) < 4.78 is 0. The second kappa shape index (κ2) is 8.52. The first-order valence-corrected chi connectivity index (χ1v) is 9.06. The number of aryl methyl sites for hydroxylation is 1. The molecule has 3 rings (SSSR count). The highest BCUT2D eigenvalue weighted by Gasteiger charge is 2.28. The first-order chi connectivity index (χ1) is 12.6. The SMILES string of the molecule is Cc1cccc(NC(=O)N2CCC[C@H](C(=O)NCc3ccccc3)C2)c1. The van der Waals surface area contributed by atoms with E-state index in [-0.39, 0.29) is 17.9 Å². The topological polar surface area (TPSA) is 61.4 Å². The Morgan fingerprint density at radius 1 is 1.12 bits per heavy atom. The highest BCUT2D eigenvalue weighted by Crippen LogP contribution is 2.18. The van der Waals surface area contributed by atoms with E-state index in [1.807, 2.05) is 61.5 Å². The van der Waals surface area contributed by atoms with E-state index in [2.05, 4.69) is 10.6 Å². The van der Waals surface area contributed by atoms with E-state index in [0.717, 1.165) is 29.7 Å². The number of benzene rings is 2. The van der Waals surface area contributed by atoms with Crippen molar-refractivity contribution in [1.82, 2.24) is 10.2 Å². The van der Waals surface area contributed by atoms with Crippen LogP contribution >= 0.6 is 0 Å². The number of rotatable bonds is 4. The lowest BCUT2D eigenvalue weighted by Crippen LogP contribution is -2.46. The Kier molecular flexibility index (Phi) is 5.89. The smallest absolute Gasteiger partial charge is 0.321 e. The first kappa shape index (κ1) is 18.0. The van der Waals surface area contributed by atoms with E-state index in [9.17, 15) is 9.59 Å². The molecule has 1 aliphatic rings. The maximum atomic E-state index is 12.5. The number of carbonyl (C=O) groups is 2. The number of hydrogen-bond acceptors (Lipinski definition) is 2. The van der Waals surface area contributed by atoms with E-state index >= 15 is 0 Å². The lowest BCUT2D eigenvalue weighted by molar-refractivity contribution is -0.126. The van der Waals surface area contributed by atoms with Crippen molar-refractivity contribution in [3.8, 4) is 0 Å². The van der Waals surface area contributed by atoms with Crippen LogP contribution in [0.5, 0.6) is 0 Å². The standard InChI is InChI=1S/C21H25N3O2/c1-16-7-5-11-19(13-16)23-21(26)24-12-6-10-18(15-24)20(25)22-14-17-8-3-2-4-9-17/h2-5,7-9,11,13,18H,6,10,12,14-15H2,1H3,(H,22,25)(H,23,26)/t18-/m0/s1. The molecule has 0 aromatic heterocycles. The molecule has 1 saturated heterocycles. The molecule has 0 bridgehead atoms. The van der Waals surface area contributed by atoms with Crippen LogP contribution in [0.15, 0.2) is 54.6 Å². The monoisotopic (exact) mass is 351 g/mol. The lowest BCUT2D eigenvalue weighted by atomic mass is 9.97. The minimum absolute atomic E-state index is 0.0157. The Balaban J connectivity index is 1.53. The van der Waals surface area contributed by atoms with Crippen molar-refractivity contribution >= 4 is 17.6 Å². The fraction of sp³-hybridized carbons (Fsp3) is 0.333.